The van der Waals surface area contributed by atoms with Crippen LogP contribution in [-0.4, -0.2) is 11.2 Å². The smallest absolute Gasteiger partial charge is 0.0607 e. The third-order valence-corrected chi connectivity index (χ3v) is 7.23. The van der Waals surface area contributed by atoms with Gasteiger partial charge in [-0.3, -0.25) is 0 Å². The molecule has 0 amide bonds. The van der Waals surface area contributed by atoms with E-state index in [1.807, 2.05) is 0 Å². The van der Waals surface area contributed by atoms with Gasteiger partial charge in [0.05, 0.1) is 6.10 Å². The molecule has 3 aliphatic rings. The fourth-order valence-corrected chi connectivity index (χ4v) is 6.73. The Labute approximate surface area is 125 Å². The van der Waals surface area contributed by atoms with Crippen molar-refractivity contribution in [1.29, 1.82) is 0 Å². The van der Waals surface area contributed by atoms with Crippen molar-refractivity contribution in [2.75, 3.05) is 0 Å². The van der Waals surface area contributed by atoms with Crippen LogP contribution in [-0.2, 0) is 0 Å². The molecule has 8 unspecified atom stereocenters. The van der Waals surface area contributed by atoms with E-state index in [1.54, 1.807) is 0 Å². The average molecular weight is 278 g/mol. The number of hydrogen-bond donors (Lipinski definition) is 1. The van der Waals surface area contributed by atoms with Gasteiger partial charge in [-0.05, 0) is 65.1 Å². The van der Waals surface area contributed by atoms with Crippen LogP contribution in [0.5, 0.6) is 0 Å². The Morgan fingerprint density at radius 3 is 1.90 bits per heavy atom. The SMILES string of the molecule is CC1C2C(CC1C(C)(C)C)C1CC2C(C(C)(C)C)C1O. The quantitative estimate of drug-likeness (QED) is 0.687. The van der Waals surface area contributed by atoms with E-state index in [9.17, 15) is 5.11 Å². The van der Waals surface area contributed by atoms with Crippen molar-refractivity contribution in [3.05, 3.63) is 0 Å². The maximum atomic E-state index is 10.8. The minimum absolute atomic E-state index is 0.0350. The summed E-state index contributed by atoms with van der Waals surface area (Å²) in [6.45, 7) is 16.7. The zero-order chi connectivity index (χ0) is 15.0. The second-order valence-corrected chi connectivity index (χ2v) is 10.3. The van der Waals surface area contributed by atoms with E-state index < -0.39 is 0 Å². The van der Waals surface area contributed by atoms with Crippen LogP contribution < -0.4 is 0 Å². The van der Waals surface area contributed by atoms with Gasteiger partial charge in [-0.2, -0.15) is 0 Å². The zero-order valence-corrected chi connectivity index (χ0v) is 14.5. The molecule has 8 atom stereocenters. The summed E-state index contributed by atoms with van der Waals surface area (Å²) in [5.41, 5.74) is 0.675. The molecule has 0 radical (unpaired) electrons. The maximum Gasteiger partial charge on any atom is 0.0607 e. The Bertz CT molecular complexity index is 386. The fourth-order valence-electron chi connectivity index (χ4n) is 6.73. The summed E-state index contributed by atoms with van der Waals surface area (Å²) in [5.74, 6) is 5.28. The van der Waals surface area contributed by atoms with E-state index in [-0.39, 0.29) is 11.5 Å². The fraction of sp³-hybridized carbons (Fsp3) is 1.00. The molecule has 3 saturated carbocycles. The highest BCUT2D eigenvalue weighted by molar-refractivity contribution is 5.13. The van der Waals surface area contributed by atoms with Gasteiger partial charge in [0, 0.05) is 0 Å². The van der Waals surface area contributed by atoms with Crippen LogP contribution in [0.15, 0.2) is 0 Å². The van der Waals surface area contributed by atoms with E-state index in [4.69, 9.17) is 0 Å². The van der Waals surface area contributed by atoms with Crippen molar-refractivity contribution in [1.82, 2.24) is 0 Å². The van der Waals surface area contributed by atoms with Crippen LogP contribution in [0.25, 0.3) is 0 Å². The first-order chi connectivity index (χ1) is 9.03. The Balaban J connectivity index is 1.89. The maximum absolute atomic E-state index is 10.8. The Kier molecular flexibility index (Phi) is 3.16. The molecular formula is C19H34O. The molecule has 20 heavy (non-hydrogen) atoms. The van der Waals surface area contributed by atoms with Crippen molar-refractivity contribution in [3.8, 4) is 0 Å². The van der Waals surface area contributed by atoms with Crippen LogP contribution in [0.3, 0.4) is 0 Å². The van der Waals surface area contributed by atoms with Gasteiger partial charge in [-0.25, -0.2) is 0 Å². The molecule has 3 fully saturated rings. The van der Waals surface area contributed by atoms with Crippen LogP contribution in [0.4, 0.5) is 0 Å². The molecule has 1 N–H and O–H groups in total. The van der Waals surface area contributed by atoms with Gasteiger partial charge in [-0.15, -0.1) is 0 Å². The highest BCUT2D eigenvalue weighted by atomic mass is 16.3. The van der Waals surface area contributed by atoms with Gasteiger partial charge in [-0.1, -0.05) is 48.5 Å². The molecule has 3 aliphatic carbocycles. The predicted molar refractivity (Wildman–Crippen MR) is 84.3 cm³/mol. The topological polar surface area (TPSA) is 20.2 Å². The first kappa shape index (κ1) is 14.9. The third-order valence-electron chi connectivity index (χ3n) is 7.23. The van der Waals surface area contributed by atoms with E-state index >= 15 is 0 Å². The number of fused-ring (bicyclic) bond motifs is 5. The van der Waals surface area contributed by atoms with E-state index in [0.717, 1.165) is 29.6 Å². The summed E-state index contributed by atoms with van der Waals surface area (Å²) in [4.78, 5) is 0. The average Bonchev–Trinajstić information content (AvgIpc) is 2.84. The van der Waals surface area contributed by atoms with Gasteiger partial charge in [0.1, 0.15) is 0 Å². The molecule has 3 rings (SSSR count). The lowest BCUT2D eigenvalue weighted by Crippen LogP contribution is -2.43. The molecule has 0 spiro atoms. The minimum atomic E-state index is -0.0350. The summed E-state index contributed by atoms with van der Waals surface area (Å²) in [6.07, 6.45) is 2.64. The standard InChI is InChI=1S/C19H34O/c1-10-14(18(2,3)4)9-11-12-8-13(15(10)11)16(17(12)20)19(5,6)7/h10-17,20H,8-9H2,1-7H3. The van der Waals surface area contributed by atoms with Gasteiger partial charge >= 0.3 is 0 Å². The number of rotatable bonds is 0. The van der Waals surface area contributed by atoms with E-state index in [0.29, 0.717) is 17.3 Å². The van der Waals surface area contributed by atoms with Gasteiger partial charge in [0.2, 0.25) is 0 Å². The first-order valence-corrected chi connectivity index (χ1v) is 8.71. The van der Waals surface area contributed by atoms with Crippen LogP contribution in [0.1, 0.15) is 61.3 Å². The highest BCUT2D eigenvalue weighted by Gasteiger charge is 2.64. The minimum Gasteiger partial charge on any atom is -0.393 e. The second-order valence-electron chi connectivity index (χ2n) is 10.3. The van der Waals surface area contributed by atoms with Crippen LogP contribution in [0, 0.1) is 52.3 Å². The molecular weight excluding hydrogens is 244 g/mol. The predicted octanol–water partition coefficient (Wildman–Crippen LogP) is 4.59. The van der Waals surface area contributed by atoms with Crippen molar-refractivity contribution in [2.24, 2.45) is 52.3 Å². The molecule has 1 nitrogen and oxygen atoms in total. The molecule has 0 aromatic rings. The molecule has 0 saturated heterocycles. The Morgan fingerprint density at radius 2 is 1.40 bits per heavy atom. The van der Waals surface area contributed by atoms with Crippen LogP contribution >= 0.6 is 0 Å². The molecule has 1 heteroatoms. The van der Waals surface area contributed by atoms with Crippen molar-refractivity contribution in [3.63, 3.8) is 0 Å². The van der Waals surface area contributed by atoms with Gasteiger partial charge in [0.15, 0.2) is 0 Å². The molecule has 0 aromatic carbocycles. The number of aliphatic hydroxyl groups excluding tert-OH is 1. The number of hydrogen-bond acceptors (Lipinski definition) is 1. The van der Waals surface area contributed by atoms with Crippen molar-refractivity contribution in [2.45, 2.75) is 67.4 Å². The summed E-state index contributed by atoms with van der Waals surface area (Å²) in [7, 11) is 0. The van der Waals surface area contributed by atoms with Crippen molar-refractivity contribution >= 4 is 0 Å². The third kappa shape index (κ3) is 1.91. The van der Waals surface area contributed by atoms with Gasteiger partial charge < -0.3 is 5.11 Å². The van der Waals surface area contributed by atoms with Gasteiger partial charge in [0.25, 0.3) is 0 Å². The molecule has 0 aromatic heterocycles. The Hall–Kier alpha value is -0.0400. The molecule has 0 aliphatic heterocycles. The molecule has 2 bridgehead atoms. The molecule has 0 heterocycles. The van der Waals surface area contributed by atoms with Crippen molar-refractivity contribution < 1.29 is 5.11 Å². The lowest BCUT2D eigenvalue weighted by molar-refractivity contribution is -0.0420. The number of aliphatic hydroxyl groups is 1. The summed E-state index contributed by atoms with van der Waals surface area (Å²) < 4.78 is 0. The summed E-state index contributed by atoms with van der Waals surface area (Å²) in [6, 6.07) is 0. The summed E-state index contributed by atoms with van der Waals surface area (Å²) in [5, 5.41) is 10.8. The summed E-state index contributed by atoms with van der Waals surface area (Å²) >= 11 is 0. The Morgan fingerprint density at radius 1 is 0.800 bits per heavy atom. The normalized spacial score (nSPS) is 51.6. The lowest BCUT2D eigenvalue weighted by atomic mass is 9.63. The highest BCUT2D eigenvalue weighted by Crippen LogP contribution is 2.68. The zero-order valence-electron chi connectivity index (χ0n) is 14.5. The van der Waals surface area contributed by atoms with Crippen LogP contribution in [0.2, 0.25) is 0 Å². The lowest BCUT2D eigenvalue weighted by Gasteiger charge is -2.44. The van der Waals surface area contributed by atoms with E-state index in [2.05, 4.69) is 48.5 Å². The molecule has 116 valence electrons. The first-order valence-electron chi connectivity index (χ1n) is 8.71. The van der Waals surface area contributed by atoms with E-state index in [1.165, 1.54) is 12.8 Å². The second kappa shape index (κ2) is 4.24. The largest absolute Gasteiger partial charge is 0.393 e. The monoisotopic (exact) mass is 278 g/mol.